The number of carbonyl (C=O) groups excluding carboxylic acids is 2. The van der Waals surface area contributed by atoms with E-state index < -0.39 is 0 Å². The fourth-order valence-corrected chi connectivity index (χ4v) is 5.63. The number of nitrogens with zero attached hydrogens (tertiary/aromatic N) is 3. The number of amides is 2. The van der Waals surface area contributed by atoms with Crippen LogP contribution in [0.2, 0.25) is 0 Å². The fourth-order valence-electron chi connectivity index (χ4n) is 4.72. The number of carbonyl (C=O) groups is 2. The molecule has 0 bridgehead atoms. The number of hydrogen-bond donors (Lipinski definition) is 0. The van der Waals surface area contributed by atoms with E-state index >= 15 is 0 Å². The third kappa shape index (κ3) is 4.53. The van der Waals surface area contributed by atoms with Crippen molar-refractivity contribution in [3.63, 3.8) is 0 Å². The Hall–Kier alpha value is -2.25. The molecule has 1 saturated heterocycles. The average molecular weight is 444 g/mol. The van der Waals surface area contributed by atoms with Crippen molar-refractivity contribution in [1.29, 1.82) is 0 Å². The van der Waals surface area contributed by atoms with Crippen LogP contribution in [-0.2, 0) is 16.0 Å². The first-order chi connectivity index (χ1) is 14.8. The lowest BCUT2D eigenvalue weighted by Gasteiger charge is -2.42. The summed E-state index contributed by atoms with van der Waals surface area (Å²) in [5, 5.41) is 2.08. The summed E-state index contributed by atoms with van der Waals surface area (Å²) in [6.07, 6.45) is 0.902. The molecular weight excluding hydrogens is 413 g/mol. The quantitative estimate of drug-likeness (QED) is 0.726. The molecule has 2 aromatic rings. The molecule has 4 rings (SSSR count). The van der Waals surface area contributed by atoms with Gasteiger partial charge < -0.3 is 9.80 Å². The maximum atomic E-state index is 14.0. The number of hydrogen-bond acceptors (Lipinski definition) is 4. The molecule has 1 aromatic carbocycles. The van der Waals surface area contributed by atoms with Crippen LogP contribution in [0.5, 0.6) is 0 Å². The van der Waals surface area contributed by atoms with E-state index in [4.69, 9.17) is 0 Å². The third-order valence-corrected chi connectivity index (χ3v) is 7.32. The van der Waals surface area contributed by atoms with Gasteiger partial charge in [0.25, 0.3) is 0 Å². The maximum Gasteiger partial charge on any atom is 0.236 e. The van der Waals surface area contributed by atoms with Gasteiger partial charge in [-0.15, -0.1) is 11.3 Å². The summed E-state index contributed by atoms with van der Waals surface area (Å²) < 4.78 is 14.0. The zero-order chi connectivity index (χ0) is 22.1. The van der Waals surface area contributed by atoms with Crippen molar-refractivity contribution in [2.45, 2.75) is 39.3 Å². The van der Waals surface area contributed by atoms with Gasteiger partial charge in [-0.05, 0) is 48.1 Å². The van der Waals surface area contributed by atoms with Gasteiger partial charge in [0.2, 0.25) is 11.8 Å². The first-order valence-electron chi connectivity index (χ1n) is 11.0. The fraction of sp³-hybridized carbons (Fsp3) is 0.500. The van der Waals surface area contributed by atoms with E-state index in [2.05, 4.69) is 16.3 Å². The second-order valence-electron chi connectivity index (χ2n) is 8.85. The van der Waals surface area contributed by atoms with Gasteiger partial charge in [0.1, 0.15) is 5.82 Å². The standard InChI is InChI=1S/C24H30FN3O2S/c1-16(2)24(30)28-11-10-26(14-17(28)3)22(29)15-27-9-7-21-20(8-12-31-21)23(27)18-5-4-6-19(25)13-18/h4-6,8,12-13,16-17,23H,7,9-11,14-15H2,1-3H3/t17-,23+/m0/s1. The van der Waals surface area contributed by atoms with Gasteiger partial charge in [0.05, 0.1) is 12.6 Å². The zero-order valence-electron chi connectivity index (χ0n) is 18.4. The van der Waals surface area contributed by atoms with Crippen molar-refractivity contribution in [1.82, 2.24) is 14.7 Å². The first-order valence-corrected chi connectivity index (χ1v) is 11.9. The van der Waals surface area contributed by atoms with Gasteiger partial charge in [0.15, 0.2) is 0 Å². The molecule has 31 heavy (non-hydrogen) atoms. The molecule has 1 fully saturated rings. The van der Waals surface area contributed by atoms with Crippen LogP contribution in [0.3, 0.4) is 0 Å². The molecule has 2 aliphatic rings. The lowest BCUT2D eigenvalue weighted by molar-refractivity contribution is -0.145. The van der Waals surface area contributed by atoms with Crippen molar-refractivity contribution in [3.8, 4) is 0 Å². The van der Waals surface area contributed by atoms with Crippen LogP contribution in [0, 0.1) is 11.7 Å². The van der Waals surface area contributed by atoms with Gasteiger partial charge in [-0.1, -0.05) is 26.0 Å². The van der Waals surface area contributed by atoms with Crippen molar-refractivity contribution in [3.05, 3.63) is 57.5 Å². The second kappa shape index (κ2) is 9.09. The monoisotopic (exact) mass is 443 g/mol. The van der Waals surface area contributed by atoms with Crippen LogP contribution in [-0.4, -0.2) is 65.3 Å². The van der Waals surface area contributed by atoms with Crippen LogP contribution < -0.4 is 0 Å². The van der Waals surface area contributed by atoms with E-state index in [-0.39, 0.29) is 35.6 Å². The molecule has 7 heteroatoms. The smallest absolute Gasteiger partial charge is 0.236 e. The summed E-state index contributed by atoms with van der Waals surface area (Å²) in [6.45, 7) is 8.58. The number of piperazine rings is 1. The number of benzene rings is 1. The van der Waals surface area contributed by atoms with E-state index in [0.29, 0.717) is 26.2 Å². The van der Waals surface area contributed by atoms with E-state index in [9.17, 15) is 14.0 Å². The molecule has 2 atom stereocenters. The second-order valence-corrected chi connectivity index (χ2v) is 9.85. The van der Waals surface area contributed by atoms with E-state index in [1.54, 1.807) is 23.5 Å². The van der Waals surface area contributed by atoms with Crippen LogP contribution in [0.4, 0.5) is 4.39 Å². The van der Waals surface area contributed by atoms with Gasteiger partial charge in [0, 0.05) is 43.0 Å². The molecule has 166 valence electrons. The van der Waals surface area contributed by atoms with E-state index in [0.717, 1.165) is 18.5 Å². The Morgan fingerprint density at radius 3 is 2.71 bits per heavy atom. The van der Waals surface area contributed by atoms with Crippen molar-refractivity contribution < 1.29 is 14.0 Å². The Morgan fingerprint density at radius 2 is 2.00 bits per heavy atom. The lowest BCUT2D eigenvalue weighted by atomic mass is 9.93. The highest BCUT2D eigenvalue weighted by atomic mass is 32.1. The lowest BCUT2D eigenvalue weighted by Crippen LogP contribution is -2.57. The molecule has 0 saturated carbocycles. The first kappa shape index (κ1) is 22.0. The molecule has 1 aromatic heterocycles. The summed E-state index contributed by atoms with van der Waals surface area (Å²) in [5.41, 5.74) is 2.06. The molecule has 2 aliphatic heterocycles. The summed E-state index contributed by atoms with van der Waals surface area (Å²) in [5.74, 6) is -0.0776. The molecule has 0 unspecified atom stereocenters. The highest BCUT2D eigenvalue weighted by molar-refractivity contribution is 7.10. The molecule has 3 heterocycles. The highest BCUT2D eigenvalue weighted by Crippen LogP contribution is 2.37. The van der Waals surface area contributed by atoms with Crippen LogP contribution >= 0.6 is 11.3 Å². The normalized spacial score (nSPS) is 22.0. The van der Waals surface area contributed by atoms with E-state index in [1.807, 2.05) is 36.6 Å². The predicted molar refractivity (Wildman–Crippen MR) is 120 cm³/mol. The molecule has 5 nitrogen and oxygen atoms in total. The SMILES string of the molecule is CC(C)C(=O)N1CCN(C(=O)CN2CCc3sccc3[C@H]2c2cccc(F)c2)C[C@@H]1C. The molecule has 0 radical (unpaired) electrons. The largest absolute Gasteiger partial charge is 0.338 e. The highest BCUT2D eigenvalue weighted by Gasteiger charge is 2.34. The third-order valence-electron chi connectivity index (χ3n) is 6.33. The minimum absolute atomic E-state index is 0.0106. The molecular formula is C24H30FN3O2S. The Morgan fingerprint density at radius 1 is 1.19 bits per heavy atom. The Kier molecular flexibility index (Phi) is 6.44. The number of halogens is 1. The molecule has 0 spiro atoms. The summed E-state index contributed by atoms with van der Waals surface area (Å²) in [6, 6.07) is 8.70. The average Bonchev–Trinajstić information content (AvgIpc) is 3.21. The van der Waals surface area contributed by atoms with Gasteiger partial charge >= 0.3 is 0 Å². The van der Waals surface area contributed by atoms with Gasteiger partial charge in [-0.25, -0.2) is 4.39 Å². The maximum absolute atomic E-state index is 14.0. The molecule has 2 amide bonds. The zero-order valence-corrected chi connectivity index (χ0v) is 19.2. The topological polar surface area (TPSA) is 43.9 Å². The van der Waals surface area contributed by atoms with Crippen LogP contribution in [0.25, 0.3) is 0 Å². The molecule has 0 N–H and O–H groups in total. The Balaban J connectivity index is 1.49. The number of thiophene rings is 1. The minimum atomic E-state index is -0.258. The number of fused-ring (bicyclic) bond motifs is 1. The van der Waals surface area contributed by atoms with Crippen LogP contribution in [0.15, 0.2) is 35.7 Å². The summed E-state index contributed by atoms with van der Waals surface area (Å²) in [7, 11) is 0. The van der Waals surface area contributed by atoms with Gasteiger partial charge in [-0.3, -0.25) is 14.5 Å². The number of rotatable bonds is 4. The Labute approximate surface area is 187 Å². The van der Waals surface area contributed by atoms with Gasteiger partial charge in [-0.2, -0.15) is 0 Å². The summed E-state index contributed by atoms with van der Waals surface area (Å²) >= 11 is 1.73. The molecule has 0 aliphatic carbocycles. The van der Waals surface area contributed by atoms with Crippen molar-refractivity contribution >= 4 is 23.2 Å². The van der Waals surface area contributed by atoms with Crippen molar-refractivity contribution in [2.24, 2.45) is 5.92 Å². The van der Waals surface area contributed by atoms with Crippen LogP contribution in [0.1, 0.15) is 42.8 Å². The van der Waals surface area contributed by atoms with Crippen molar-refractivity contribution in [2.75, 3.05) is 32.7 Å². The Bertz CT molecular complexity index is 960. The summed E-state index contributed by atoms with van der Waals surface area (Å²) in [4.78, 5) is 32.9. The predicted octanol–water partition coefficient (Wildman–Crippen LogP) is 3.55. The minimum Gasteiger partial charge on any atom is -0.338 e. The van der Waals surface area contributed by atoms with E-state index in [1.165, 1.54) is 16.5 Å².